The lowest BCUT2D eigenvalue weighted by molar-refractivity contribution is 0.0950. The first-order valence-corrected chi connectivity index (χ1v) is 13.1. The molecule has 3 aromatic rings. The highest BCUT2D eigenvalue weighted by molar-refractivity contribution is 7.13. The van der Waals surface area contributed by atoms with E-state index in [1.54, 1.807) is 17.5 Å². The minimum absolute atomic E-state index is 0.167. The number of rotatable bonds is 7. The van der Waals surface area contributed by atoms with E-state index in [1.165, 1.54) is 0 Å². The van der Waals surface area contributed by atoms with E-state index in [4.69, 9.17) is 5.73 Å². The zero-order valence-corrected chi connectivity index (χ0v) is 21.7. The highest BCUT2D eigenvalue weighted by atomic mass is 32.1. The number of hydrogen-bond acceptors (Lipinski definition) is 6. The zero-order valence-electron chi connectivity index (χ0n) is 20.9. The van der Waals surface area contributed by atoms with Crippen LogP contribution in [0.1, 0.15) is 65.3 Å². The molecule has 1 unspecified atom stereocenters. The number of nitrogens with one attached hydrogen (secondary N) is 3. The molecule has 1 saturated carbocycles. The molecule has 0 radical (unpaired) electrons. The summed E-state index contributed by atoms with van der Waals surface area (Å²) < 4.78 is 0. The fraction of sp³-hybridized carbons (Fsp3) is 0.444. The molecule has 4 rings (SSSR count). The number of aromatic amines is 1. The van der Waals surface area contributed by atoms with Crippen molar-refractivity contribution in [2.45, 2.75) is 72.0 Å². The van der Waals surface area contributed by atoms with Crippen LogP contribution >= 0.6 is 11.3 Å². The quantitative estimate of drug-likeness (QED) is 0.382. The van der Waals surface area contributed by atoms with Crippen LogP contribution in [0.2, 0.25) is 0 Å². The lowest BCUT2D eigenvalue weighted by Gasteiger charge is -2.32. The number of nitrogens with zero attached hydrogens (tertiary/aromatic N) is 1. The third-order valence-electron chi connectivity index (χ3n) is 7.16. The second kappa shape index (κ2) is 10.7. The number of aryl methyl sites for hydroxylation is 2. The Hall–Kier alpha value is -2.97. The molecule has 1 aliphatic rings. The van der Waals surface area contributed by atoms with Crippen LogP contribution in [-0.2, 0) is 6.54 Å². The maximum Gasteiger partial charge on any atom is 0.253 e. The van der Waals surface area contributed by atoms with Crippen LogP contribution in [0.5, 0.6) is 0 Å². The van der Waals surface area contributed by atoms with Crippen LogP contribution in [0.4, 0.5) is 5.69 Å². The predicted molar refractivity (Wildman–Crippen MR) is 143 cm³/mol. The maximum absolute atomic E-state index is 13.3. The number of nitrogens with two attached hydrogens (primary N) is 1. The van der Waals surface area contributed by atoms with E-state index in [2.05, 4.69) is 33.6 Å². The molecule has 186 valence electrons. The minimum atomic E-state index is -0.209. The molecular formula is C27H35N5O2S. The molecule has 8 heteroatoms. The van der Waals surface area contributed by atoms with Gasteiger partial charge in [0, 0.05) is 58.3 Å². The third kappa shape index (κ3) is 5.82. The Morgan fingerprint density at radius 2 is 1.94 bits per heavy atom. The molecule has 0 bridgehead atoms. The molecule has 1 aromatic carbocycles. The van der Waals surface area contributed by atoms with Crippen LogP contribution in [0.15, 0.2) is 34.6 Å². The summed E-state index contributed by atoms with van der Waals surface area (Å²) in [5.41, 5.74) is 11.5. The van der Waals surface area contributed by atoms with Crippen molar-refractivity contribution in [2.24, 2.45) is 11.7 Å². The Kier molecular flexibility index (Phi) is 7.72. The van der Waals surface area contributed by atoms with Crippen LogP contribution in [0, 0.1) is 26.7 Å². The van der Waals surface area contributed by atoms with E-state index in [0.717, 1.165) is 58.8 Å². The summed E-state index contributed by atoms with van der Waals surface area (Å²) in [6.07, 6.45) is 6.10. The molecule has 2 aromatic heterocycles. The van der Waals surface area contributed by atoms with Crippen molar-refractivity contribution in [1.29, 1.82) is 0 Å². The summed E-state index contributed by atoms with van der Waals surface area (Å²) in [5, 5.41) is 9.45. The number of carbonyl (C=O) groups excluding carboxylic acids is 1. The number of carbonyl (C=O) groups is 1. The van der Waals surface area contributed by atoms with Gasteiger partial charge in [0.1, 0.15) is 5.01 Å². The number of pyridine rings is 1. The standard InChI is InChI=1S/C27H35N5O2S/c1-15-11-16(2)31-26(34)23(15)14-30-25(33)22-12-20(27-29-9-10-35-27)13-24(17(22)3)32-18(4)19-5-7-21(28)8-6-19/h9-13,18-19,21,32H,5-8,14,28H2,1-4H3,(H,30,33)(H,31,34). The van der Waals surface area contributed by atoms with Gasteiger partial charge in [-0.05, 0) is 88.6 Å². The molecule has 1 atom stereocenters. The van der Waals surface area contributed by atoms with Gasteiger partial charge >= 0.3 is 0 Å². The summed E-state index contributed by atoms with van der Waals surface area (Å²) >= 11 is 1.54. The highest BCUT2D eigenvalue weighted by Gasteiger charge is 2.25. The van der Waals surface area contributed by atoms with Crippen LogP contribution < -0.4 is 21.9 Å². The topological polar surface area (TPSA) is 113 Å². The second-order valence-electron chi connectivity index (χ2n) is 9.77. The lowest BCUT2D eigenvalue weighted by Crippen LogP contribution is -2.34. The molecule has 1 amide bonds. The summed E-state index contributed by atoms with van der Waals surface area (Å²) in [6.45, 7) is 8.09. The molecule has 35 heavy (non-hydrogen) atoms. The molecule has 2 heterocycles. The molecule has 0 spiro atoms. The van der Waals surface area contributed by atoms with E-state index < -0.39 is 0 Å². The van der Waals surface area contributed by atoms with Gasteiger partial charge in [0.2, 0.25) is 0 Å². The van der Waals surface area contributed by atoms with E-state index >= 15 is 0 Å². The van der Waals surface area contributed by atoms with Gasteiger partial charge < -0.3 is 21.4 Å². The summed E-state index contributed by atoms with van der Waals surface area (Å²) in [7, 11) is 0. The predicted octanol–water partition coefficient (Wildman–Crippen LogP) is 4.67. The summed E-state index contributed by atoms with van der Waals surface area (Å²) in [5.74, 6) is 0.339. The Balaban J connectivity index is 1.60. The molecule has 7 nitrogen and oxygen atoms in total. The van der Waals surface area contributed by atoms with E-state index in [-0.39, 0.29) is 24.1 Å². The number of thiazole rings is 1. The summed E-state index contributed by atoms with van der Waals surface area (Å²) in [4.78, 5) is 33.0. The van der Waals surface area contributed by atoms with Gasteiger partial charge in [0.25, 0.3) is 11.5 Å². The Labute approximate surface area is 210 Å². The van der Waals surface area contributed by atoms with Crippen LogP contribution in [0.3, 0.4) is 0 Å². The van der Waals surface area contributed by atoms with Crippen LogP contribution in [-0.4, -0.2) is 28.0 Å². The van der Waals surface area contributed by atoms with E-state index in [9.17, 15) is 9.59 Å². The Morgan fingerprint density at radius 3 is 2.60 bits per heavy atom. The van der Waals surface area contributed by atoms with Crippen molar-refractivity contribution < 1.29 is 4.79 Å². The molecular weight excluding hydrogens is 458 g/mol. The highest BCUT2D eigenvalue weighted by Crippen LogP contribution is 2.33. The molecule has 0 aliphatic heterocycles. The smallest absolute Gasteiger partial charge is 0.253 e. The Morgan fingerprint density at radius 1 is 1.20 bits per heavy atom. The first-order valence-electron chi connectivity index (χ1n) is 12.3. The fourth-order valence-electron chi connectivity index (χ4n) is 4.96. The maximum atomic E-state index is 13.3. The average Bonchev–Trinajstić information content (AvgIpc) is 3.35. The van der Waals surface area contributed by atoms with Gasteiger partial charge in [-0.3, -0.25) is 9.59 Å². The summed E-state index contributed by atoms with van der Waals surface area (Å²) in [6, 6.07) is 6.47. The van der Waals surface area contributed by atoms with Gasteiger partial charge in [-0.2, -0.15) is 0 Å². The lowest BCUT2D eigenvalue weighted by atomic mass is 9.82. The first-order chi connectivity index (χ1) is 16.7. The number of benzene rings is 1. The van der Waals surface area contributed by atoms with Gasteiger partial charge in [-0.25, -0.2) is 4.98 Å². The van der Waals surface area contributed by atoms with E-state index in [1.807, 2.05) is 38.3 Å². The molecule has 5 N–H and O–H groups in total. The van der Waals surface area contributed by atoms with Crippen molar-refractivity contribution in [2.75, 3.05) is 5.32 Å². The number of aromatic nitrogens is 2. The molecule has 1 aliphatic carbocycles. The van der Waals surface area contributed by atoms with Gasteiger partial charge in [0.05, 0.1) is 0 Å². The minimum Gasteiger partial charge on any atom is -0.382 e. The molecule has 0 saturated heterocycles. The number of anilines is 1. The van der Waals surface area contributed by atoms with Gasteiger partial charge in [-0.15, -0.1) is 11.3 Å². The molecule has 1 fully saturated rings. The first kappa shape index (κ1) is 25.1. The van der Waals surface area contributed by atoms with Crippen molar-refractivity contribution >= 4 is 22.9 Å². The number of amides is 1. The van der Waals surface area contributed by atoms with Crippen molar-refractivity contribution in [3.05, 3.63) is 68.1 Å². The normalized spacial score (nSPS) is 18.8. The Bertz CT molecular complexity index is 1240. The fourth-order valence-corrected chi connectivity index (χ4v) is 5.59. The van der Waals surface area contributed by atoms with E-state index in [0.29, 0.717) is 23.1 Å². The average molecular weight is 494 g/mol. The van der Waals surface area contributed by atoms with Crippen LogP contribution in [0.25, 0.3) is 10.6 Å². The van der Waals surface area contributed by atoms with Crippen molar-refractivity contribution in [3.8, 4) is 10.6 Å². The van der Waals surface area contributed by atoms with Crippen molar-refractivity contribution in [3.63, 3.8) is 0 Å². The largest absolute Gasteiger partial charge is 0.382 e. The SMILES string of the molecule is Cc1cc(C)c(CNC(=O)c2cc(-c3nccs3)cc(NC(C)C3CCC(N)CC3)c2C)c(=O)[nH]1. The van der Waals surface area contributed by atoms with Crippen molar-refractivity contribution in [1.82, 2.24) is 15.3 Å². The number of H-pyrrole nitrogens is 1. The monoisotopic (exact) mass is 493 g/mol. The second-order valence-corrected chi connectivity index (χ2v) is 10.7. The van der Waals surface area contributed by atoms with Gasteiger partial charge in [-0.1, -0.05) is 0 Å². The van der Waals surface area contributed by atoms with Gasteiger partial charge in [0.15, 0.2) is 0 Å². The zero-order chi connectivity index (χ0) is 25.1. The number of hydrogen-bond donors (Lipinski definition) is 4. The third-order valence-corrected chi connectivity index (χ3v) is 7.98.